The minimum Gasteiger partial charge on any atom is -0.504 e. The van der Waals surface area contributed by atoms with Crippen molar-refractivity contribution in [3.63, 3.8) is 0 Å². The summed E-state index contributed by atoms with van der Waals surface area (Å²) in [6.45, 7) is 2.21. The second-order valence-electron chi connectivity index (χ2n) is 5.50. The van der Waals surface area contributed by atoms with Crippen LogP contribution in [0.4, 0.5) is 5.69 Å². The number of para-hydroxylation sites is 2. The summed E-state index contributed by atoms with van der Waals surface area (Å²) in [6, 6.07) is 10.2. The number of carbonyl (C=O) groups is 2. The first-order valence-corrected chi connectivity index (χ1v) is 9.42. The molecule has 0 saturated carbocycles. The van der Waals surface area contributed by atoms with Crippen LogP contribution in [0.5, 0.6) is 17.2 Å². The number of hydrogen-bond acceptors (Lipinski definition) is 6. The number of nitrogens with zero attached hydrogens (tertiary/aromatic N) is 1. The molecular weight excluding hydrogens is 477 g/mol. The molecule has 3 N–H and O–H groups in total. The number of anilines is 1. The van der Waals surface area contributed by atoms with Crippen LogP contribution in [0.2, 0.25) is 0 Å². The zero-order chi connectivity index (χ0) is 20.5. The fraction of sp³-hybridized carbons (Fsp3) is 0.211. The molecule has 2 rings (SSSR count). The third-order valence-corrected chi connectivity index (χ3v) is 4.28. The van der Waals surface area contributed by atoms with Crippen molar-refractivity contribution in [3.05, 3.63) is 45.5 Å². The molecule has 0 atom stereocenters. The van der Waals surface area contributed by atoms with Crippen LogP contribution in [-0.2, 0) is 9.59 Å². The summed E-state index contributed by atoms with van der Waals surface area (Å²) in [6.07, 6.45) is 1.01. The summed E-state index contributed by atoms with van der Waals surface area (Å²) in [5.74, 6) is -0.173. The number of amides is 2. The van der Waals surface area contributed by atoms with Gasteiger partial charge < -0.3 is 19.9 Å². The van der Waals surface area contributed by atoms with Gasteiger partial charge in [-0.2, -0.15) is 5.10 Å². The number of nitrogens with one attached hydrogen (secondary N) is 2. The van der Waals surface area contributed by atoms with Crippen molar-refractivity contribution in [1.29, 1.82) is 0 Å². The molecule has 0 bridgehead atoms. The van der Waals surface area contributed by atoms with E-state index in [1.54, 1.807) is 36.4 Å². The lowest BCUT2D eigenvalue weighted by atomic mass is 10.2. The van der Waals surface area contributed by atoms with Gasteiger partial charge in [-0.1, -0.05) is 12.1 Å². The number of aromatic hydroxyl groups is 1. The molecule has 0 aliphatic carbocycles. The third-order valence-electron chi connectivity index (χ3n) is 3.46. The van der Waals surface area contributed by atoms with Crippen LogP contribution >= 0.6 is 22.6 Å². The van der Waals surface area contributed by atoms with Gasteiger partial charge in [-0.3, -0.25) is 9.59 Å². The van der Waals surface area contributed by atoms with Gasteiger partial charge in [-0.05, 0) is 59.3 Å². The predicted molar refractivity (Wildman–Crippen MR) is 114 cm³/mol. The number of ether oxygens (including phenoxy) is 2. The minimum atomic E-state index is -0.567. The largest absolute Gasteiger partial charge is 0.504 e. The van der Waals surface area contributed by atoms with Gasteiger partial charge in [-0.25, -0.2) is 5.43 Å². The van der Waals surface area contributed by atoms with Gasteiger partial charge in [0.1, 0.15) is 12.2 Å². The summed E-state index contributed by atoms with van der Waals surface area (Å²) in [5.41, 5.74) is 3.40. The highest BCUT2D eigenvalue weighted by atomic mass is 127. The van der Waals surface area contributed by atoms with Crippen molar-refractivity contribution in [3.8, 4) is 17.2 Å². The summed E-state index contributed by atoms with van der Waals surface area (Å²) in [5, 5.41) is 16.4. The molecule has 0 fully saturated rings. The molecule has 0 radical (unpaired) electrons. The second kappa shape index (κ2) is 10.5. The molecular formula is C19H20IN3O5. The Kier molecular flexibility index (Phi) is 8.05. The van der Waals surface area contributed by atoms with E-state index < -0.39 is 18.2 Å². The number of methoxy groups -OCH3 is 1. The molecule has 9 heteroatoms. The molecule has 0 spiro atoms. The van der Waals surface area contributed by atoms with Crippen molar-refractivity contribution in [2.75, 3.05) is 19.0 Å². The van der Waals surface area contributed by atoms with Gasteiger partial charge in [0.2, 0.25) is 11.8 Å². The lowest BCUT2D eigenvalue weighted by Crippen LogP contribution is -2.24. The average molecular weight is 497 g/mol. The lowest BCUT2D eigenvalue weighted by Gasteiger charge is -2.09. The third kappa shape index (κ3) is 6.12. The number of benzene rings is 2. The van der Waals surface area contributed by atoms with E-state index in [0.717, 1.165) is 0 Å². The van der Waals surface area contributed by atoms with Crippen LogP contribution in [-0.4, -0.2) is 36.9 Å². The molecule has 0 heterocycles. The Morgan fingerprint density at radius 3 is 2.68 bits per heavy atom. The second-order valence-corrected chi connectivity index (χ2v) is 6.66. The fourth-order valence-corrected chi connectivity index (χ4v) is 2.87. The molecule has 0 aromatic heterocycles. The van der Waals surface area contributed by atoms with Crippen LogP contribution in [0.15, 0.2) is 41.5 Å². The molecule has 8 nitrogen and oxygen atoms in total. The zero-order valence-corrected chi connectivity index (χ0v) is 17.5. The van der Waals surface area contributed by atoms with Crippen LogP contribution < -0.4 is 20.2 Å². The minimum absolute atomic E-state index is 0.0525. The van der Waals surface area contributed by atoms with E-state index in [0.29, 0.717) is 32.9 Å². The van der Waals surface area contributed by atoms with Crippen LogP contribution in [0.3, 0.4) is 0 Å². The topological polar surface area (TPSA) is 109 Å². The van der Waals surface area contributed by atoms with E-state index >= 15 is 0 Å². The Morgan fingerprint density at radius 2 is 1.96 bits per heavy atom. The lowest BCUT2D eigenvalue weighted by molar-refractivity contribution is -0.126. The van der Waals surface area contributed by atoms with Crippen molar-refractivity contribution in [1.82, 2.24) is 5.43 Å². The molecule has 0 unspecified atom stereocenters. The Bertz CT molecular complexity index is 886. The smallest absolute Gasteiger partial charge is 0.249 e. The molecule has 28 heavy (non-hydrogen) atoms. The van der Waals surface area contributed by atoms with Crippen molar-refractivity contribution >= 4 is 46.3 Å². The number of hydrogen-bond donors (Lipinski definition) is 3. The van der Waals surface area contributed by atoms with Gasteiger partial charge in [-0.15, -0.1) is 0 Å². The number of halogens is 1. The highest BCUT2D eigenvalue weighted by molar-refractivity contribution is 14.1. The maximum Gasteiger partial charge on any atom is 0.249 e. The number of phenols is 1. The molecule has 2 amide bonds. The number of hydrazone groups is 1. The summed E-state index contributed by atoms with van der Waals surface area (Å²) in [4.78, 5) is 23.9. The van der Waals surface area contributed by atoms with E-state index in [2.05, 4.69) is 15.8 Å². The van der Waals surface area contributed by atoms with Gasteiger partial charge in [0.15, 0.2) is 11.5 Å². The molecule has 2 aromatic carbocycles. The molecule has 148 valence electrons. The summed E-state index contributed by atoms with van der Waals surface area (Å²) < 4.78 is 11.1. The summed E-state index contributed by atoms with van der Waals surface area (Å²) in [7, 11) is 1.49. The van der Waals surface area contributed by atoms with Gasteiger partial charge in [0.25, 0.3) is 0 Å². The predicted octanol–water partition coefficient (Wildman–Crippen LogP) is 2.88. The standard InChI is InChI=1S/C19H20IN3O5/c1-3-28-16-9-12(8-13(20)19(16)26)11-21-23-18(25)10-17(24)22-14-6-4-5-7-15(14)27-2/h4-9,11,26H,3,10H2,1-2H3,(H,22,24)(H,23,25)/b21-11+. The van der Waals surface area contributed by atoms with Crippen molar-refractivity contribution in [2.45, 2.75) is 13.3 Å². The maximum absolute atomic E-state index is 12.0. The van der Waals surface area contributed by atoms with E-state index in [-0.39, 0.29) is 5.75 Å². The number of phenolic OH excluding ortho intramolecular Hbond substituents is 1. The van der Waals surface area contributed by atoms with E-state index in [4.69, 9.17) is 9.47 Å². The molecule has 2 aromatic rings. The van der Waals surface area contributed by atoms with Gasteiger partial charge in [0, 0.05) is 0 Å². The Hall–Kier alpha value is -2.82. The first-order valence-electron chi connectivity index (χ1n) is 8.34. The van der Waals surface area contributed by atoms with Crippen molar-refractivity contribution in [2.24, 2.45) is 5.10 Å². The Morgan fingerprint density at radius 1 is 1.21 bits per heavy atom. The van der Waals surface area contributed by atoms with Crippen LogP contribution in [0, 0.1) is 3.57 Å². The molecule has 0 aliphatic heterocycles. The van der Waals surface area contributed by atoms with E-state index in [9.17, 15) is 14.7 Å². The van der Waals surface area contributed by atoms with Crippen LogP contribution in [0.25, 0.3) is 0 Å². The van der Waals surface area contributed by atoms with E-state index in [1.807, 2.05) is 29.5 Å². The number of carbonyl (C=O) groups excluding carboxylic acids is 2. The Balaban J connectivity index is 1.92. The normalized spacial score (nSPS) is 10.5. The highest BCUT2D eigenvalue weighted by Gasteiger charge is 2.12. The van der Waals surface area contributed by atoms with Crippen molar-refractivity contribution < 1.29 is 24.2 Å². The molecule has 0 saturated heterocycles. The zero-order valence-electron chi connectivity index (χ0n) is 15.4. The monoisotopic (exact) mass is 497 g/mol. The Labute approximate surface area is 176 Å². The number of rotatable bonds is 8. The first-order chi connectivity index (χ1) is 13.4. The van der Waals surface area contributed by atoms with E-state index in [1.165, 1.54) is 13.3 Å². The summed E-state index contributed by atoms with van der Waals surface area (Å²) >= 11 is 1.97. The molecule has 0 aliphatic rings. The quantitative estimate of drug-likeness (QED) is 0.225. The highest BCUT2D eigenvalue weighted by Crippen LogP contribution is 2.32. The van der Waals surface area contributed by atoms with Crippen LogP contribution in [0.1, 0.15) is 18.9 Å². The van der Waals surface area contributed by atoms with Gasteiger partial charge >= 0.3 is 0 Å². The average Bonchev–Trinajstić information content (AvgIpc) is 2.66. The SMILES string of the molecule is CCOc1cc(/C=N/NC(=O)CC(=O)Nc2ccccc2OC)cc(I)c1O. The maximum atomic E-state index is 12.0. The van der Waals surface area contributed by atoms with Gasteiger partial charge in [0.05, 0.1) is 29.2 Å². The first kappa shape index (κ1) is 21.5. The fourth-order valence-electron chi connectivity index (χ4n) is 2.24.